The van der Waals surface area contributed by atoms with Crippen molar-refractivity contribution in [3.8, 4) is 11.4 Å². The quantitative estimate of drug-likeness (QED) is 0.677. The van der Waals surface area contributed by atoms with Crippen LogP contribution in [0.5, 0.6) is 0 Å². The smallest absolute Gasteiger partial charge is 0.356 e. The van der Waals surface area contributed by atoms with E-state index in [9.17, 15) is 18.0 Å². The van der Waals surface area contributed by atoms with Crippen molar-refractivity contribution in [3.63, 3.8) is 0 Å². The minimum atomic E-state index is -4.45. The summed E-state index contributed by atoms with van der Waals surface area (Å²) in [6.45, 7) is -1.29. The van der Waals surface area contributed by atoms with Crippen molar-refractivity contribution < 1.29 is 18.0 Å². The van der Waals surface area contributed by atoms with Crippen LogP contribution in [0.3, 0.4) is 0 Å². The number of carbonyl (C=O) groups excluding carboxylic acids is 1. The molecule has 3 aromatic heterocycles. The van der Waals surface area contributed by atoms with Gasteiger partial charge in [0.1, 0.15) is 29.9 Å². The van der Waals surface area contributed by atoms with Crippen molar-refractivity contribution in [1.29, 1.82) is 0 Å². The van der Waals surface area contributed by atoms with Crippen molar-refractivity contribution >= 4 is 22.8 Å². The number of halogens is 3. The second-order valence-electron chi connectivity index (χ2n) is 7.09. The van der Waals surface area contributed by atoms with Crippen LogP contribution in [0.4, 0.5) is 19.0 Å². The van der Waals surface area contributed by atoms with Gasteiger partial charge in [0.15, 0.2) is 5.82 Å². The molecule has 1 aliphatic carbocycles. The van der Waals surface area contributed by atoms with Crippen LogP contribution in [-0.4, -0.2) is 61.0 Å². The first-order valence-electron chi connectivity index (χ1n) is 8.98. The maximum Gasteiger partial charge on any atom is 0.406 e. The van der Waals surface area contributed by atoms with Gasteiger partial charge in [-0.05, 0) is 25.3 Å². The number of amides is 1. The Morgan fingerprint density at radius 3 is 2.83 bits per heavy atom. The average Bonchev–Trinajstić information content (AvgIpc) is 3.07. The summed E-state index contributed by atoms with van der Waals surface area (Å²) in [5.41, 5.74) is 0.235. The standard InChI is InChI=1S/C18H18F3N7O/c1-28(9-18(19,20)21)16(29)17(4-2-5-17)27-13-3-6-23-15(26-13)12-8-24-14-11(12)7-22-10-25-14/h3,6-8,10H,2,4-5,9H2,1H3,(H,22,24,25)(H,23,26,27). The van der Waals surface area contributed by atoms with Crippen molar-refractivity contribution in [2.45, 2.75) is 31.0 Å². The lowest BCUT2D eigenvalue weighted by molar-refractivity contribution is -0.162. The van der Waals surface area contributed by atoms with Crippen LogP contribution in [-0.2, 0) is 4.79 Å². The highest BCUT2D eigenvalue weighted by Crippen LogP contribution is 2.37. The lowest BCUT2D eigenvalue weighted by Crippen LogP contribution is -2.58. The van der Waals surface area contributed by atoms with Gasteiger partial charge in [0.05, 0.1) is 0 Å². The molecule has 1 fully saturated rings. The third-order valence-corrected chi connectivity index (χ3v) is 5.00. The van der Waals surface area contributed by atoms with Gasteiger partial charge < -0.3 is 15.2 Å². The molecule has 0 spiro atoms. The first kappa shape index (κ1) is 19.1. The van der Waals surface area contributed by atoms with Gasteiger partial charge in [0.2, 0.25) is 5.91 Å². The maximum absolute atomic E-state index is 12.7. The van der Waals surface area contributed by atoms with E-state index in [1.54, 1.807) is 18.5 Å². The summed E-state index contributed by atoms with van der Waals surface area (Å²) in [5.74, 6) is 0.165. The summed E-state index contributed by atoms with van der Waals surface area (Å²) in [6, 6.07) is 1.59. The van der Waals surface area contributed by atoms with Crippen LogP contribution in [0, 0.1) is 0 Å². The zero-order valence-electron chi connectivity index (χ0n) is 15.5. The van der Waals surface area contributed by atoms with Crippen molar-refractivity contribution in [3.05, 3.63) is 31.0 Å². The second-order valence-corrected chi connectivity index (χ2v) is 7.09. The van der Waals surface area contributed by atoms with Gasteiger partial charge in [-0.3, -0.25) is 4.79 Å². The molecule has 3 aromatic rings. The number of anilines is 1. The molecule has 1 saturated carbocycles. The first-order chi connectivity index (χ1) is 13.8. The molecule has 0 radical (unpaired) electrons. The van der Waals surface area contributed by atoms with Crippen molar-refractivity contribution in [1.82, 2.24) is 29.8 Å². The highest BCUT2D eigenvalue weighted by atomic mass is 19.4. The third-order valence-electron chi connectivity index (χ3n) is 5.00. The van der Waals surface area contributed by atoms with E-state index < -0.39 is 24.2 Å². The average molecular weight is 405 g/mol. The number of nitrogens with zero attached hydrogens (tertiary/aromatic N) is 5. The van der Waals surface area contributed by atoms with Gasteiger partial charge in [-0.1, -0.05) is 0 Å². The fourth-order valence-corrected chi connectivity index (χ4v) is 3.48. The first-order valence-corrected chi connectivity index (χ1v) is 8.98. The highest BCUT2D eigenvalue weighted by molar-refractivity contribution is 5.92. The van der Waals surface area contributed by atoms with E-state index in [0.29, 0.717) is 40.6 Å². The van der Waals surface area contributed by atoms with E-state index in [0.717, 1.165) is 18.9 Å². The molecule has 0 saturated heterocycles. The molecule has 4 rings (SSSR count). The Kier molecular flexibility index (Phi) is 4.59. The van der Waals surface area contributed by atoms with E-state index in [1.807, 2.05) is 0 Å². The molecule has 152 valence electrons. The molecule has 1 aliphatic rings. The molecule has 3 heterocycles. The number of alkyl halides is 3. The number of rotatable bonds is 5. The van der Waals surface area contributed by atoms with Crippen LogP contribution in [0.25, 0.3) is 22.4 Å². The fourth-order valence-electron chi connectivity index (χ4n) is 3.48. The molecule has 0 bridgehead atoms. The number of H-pyrrole nitrogens is 1. The number of aromatic amines is 1. The van der Waals surface area contributed by atoms with Crippen molar-refractivity contribution in [2.75, 3.05) is 18.9 Å². The number of hydrogen-bond acceptors (Lipinski definition) is 6. The fraction of sp³-hybridized carbons (Fsp3) is 0.389. The minimum Gasteiger partial charge on any atom is -0.356 e. The number of hydrogen-bond donors (Lipinski definition) is 2. The van der Waals surface area contributed by atoms with E-state index in [1.165, 1.54) is 12.5 Å². The van der Waals surface area contributed by atoms with Gasteiger partial charge in [-0.2, -0.15) is 13.2 Å². The summed E-state index contributed by atoms with van der Waals surface area (Å²) in [7, 11) is 1.16. The number of aromatic nitrogens is 5. The van der Waals surface area contributed by atoms with E-state index in [2.05, 4.69) is 30.2 Å². The van der Waals surface area contributed by atoms with Crippen molar-refractivity contribution in [2.24, 2.45) is 0 Å². The molecular weight excluding hydrogens is 387 g/mol. The van der Waals surface area contributed by atoms with E-state index >= 15 is 0 Å². The normalized spacial score (nSPS) is 15.7. The predicted octanol–water partition coefficient (Wildman–Crippen LogP) is 2.77. The van der Waals surface area contributed by atoms with Crippen LogP contribution < -0.4 is 5.32 Å². The zero-order chi connectivity index (χ0) is 20.6. The van der Waals surface area contributed by atoms with Crippen LogP contribution >= 0.6 is 0 Å². The molecule has 29 heavy (non-hydrogen) atoms. The van der Waals surface area contributed by atoms with Crippen LogP contribution in [0.2, 0.25) is 0 Å². The van der Waals surface area contributed by atoms with Gasteiger partial charge in [-0.15, -0.1) is 0 Å². The Labute approximate surface area is 163 Å². The van der Waals surface area contributed by atoms with Crippen LogP contribution in [0.1, 0.15) is 19.3 Å². The minimum absolute atomic E-state index is 0.370. The van der Waals surface area contributed by atoms with Gasteiger partial charge in [0.25, 0.3) is 0 Å². The summed E-state index contributed by atoms with van der Waals surface area (Å²) in [6.07, 6.45) is 3.47. The zero-order valence-corrected chi connectivity index (χ0v) is 15.5. The highest BCUT2D eigenvalue weighted by Gasteiger charge is 2.47. The number of nitrogens with one attached hydrogen (secondary N) is 2. The van der Waals surface area contributed by atoms with Gasteiger partial charge in [-0.25, -0.2) is 19.9 Å². The predicted molar refractivity (Wildman–Crippen MR) is 98.8 cm³/mol. The lowest BCUT2D eigenvalue weighted by atomic mass is 9.75. The molecular formula is C18H18F3N7O. The molecule has 11 heteroatoms. The topological polar surface area (TPSA) is 99.7 Å². The Balaban J connectivity index is 1.59. The molecule has 1 amide bonds. The largest absolute Gasteiger partial charge is 0.406 e. The number of fused-ring (bicyclic) bond motifs is 1. The third kappa shape index (κ3) is 3.71. The molecule has 8 nitrogen and oxygen atoms in total. The monoisotopic (exact) mass is 405 g/mol. The molecule has 0 aromatic carbocycles. The summed E-state index contributed by atoms with van der Waals surface area (Å²) >= 11 is 0. The summed E-state index contributed by atoms with van der Waals surface area (Å²) in [4.78, 5) is 33.3. The Hall–Kier alpha value is -3.24. The second kappa shape index (κ2) is 6.98. The van der Waals surface area contributed by atoms with E-state index in [4.69, 9.17) is 0 Å². The lowest BCUT2D eigenvalue weighted by Gasteiger charge is -2.43. The maximum atomic E-state index is 12.7. The Bertz CT molecular complexity index is 1050. The van der Waals surface area contributed by atoms with E-state index in [-0.39, 0.29) is 0 Å². The van der Waals surface area contributed by atoms with Gasteiger partial charge in [0, 0.05) is 36.6 Å². The number of likely N-dealkylation sites (N-methyl/N-ethyl adjacent to an activating group) is 1. The van der Waals surface area contributed by atoms with Gasteiger partial charge >= 0.3 is 6.18 Å². The molecule has 0 atom stereocenters. The summed E-state index contributed by atoms with van der Waals surface area (Å²) in [5, 5.41) is 3.80. The Morgan fingerprint density at radius 2 is 2.14 bits per heavy atom. The molecule has 0 aliphatic heterocycles. The summed E-state index contributed by atoms with van der Waals surface area (Å²) < 4.78 is 38.1. The molecule has 2 N–H and O–H groups in total. The molecule has 0 unspecified atom stereocenters. The Morgan fingerprint density at radius 1 is 1.34 bits per heavy atom. The number of carbonyl (C=O) groups is 1. The van der Waals surface area contributed by atoms with Crippen LogP contribution in [0.15, 0.2) is 31.0 Å². The SMILES string of the molecule is CN(CC(F)(F)F)C(=O)C1(Nc2ccnc(-c3c[nH]c4ncncc34)n2)CCC1.